The Kier molecular flexibility index (Phi) is 6.81. The number of hydrogen-bond acceptors (Lipinski definition) is 6. The van der Waals surface area contributed by atoms with Crippen LogP contribution in [0.5, 0.6) is 11.5 Å². The van der Waals surface area contributed by atoms with E-state index in [0.29, 0.717) is 27.9 Å². The quantitative estimate of drug-likeness (QED) is 0.390. The molecular weight excluding hydrogens is 426 g/mol. The largest absolute Gasteiger partial charge is 0.497 e. The van der Waals surface area contributed by atoms with Gasteiger partial charge in [-0.15, -0.1) is 0 Å². The van der Waals surface area contributed by atoms with Crippen molar-refractivity contribution in [2.45, 2.75) is 4.90 Å². The van der Waals surface area contributed by atoms with E-state index in [1.807, 2.05) is 12.1 Å². The number of methoxy groups -OCH3 is 2. The Balaban J connectivity index is 1.65. The predicted molar refractivity (Wildman–Crippen MR) is 119 cm³/mol. The van der Waals surface area contributed by atoms with Crippen LogP contribution in [-0.4, -0.2) is 28.9 Å². The third kappa shape index (κ3) is 5.43. The molecule has 3 aromatic rings. The van der Waals surface area contributed by atoms with E-state index >= 15 is 0 Å². The Morgan fingerprint density at radius 1 is 0.900 bits per heavy atom. The molecule has 0 amide bonds. The second-order valence-electron chi connectivity index (χ2n) is 6.11. The fraction of sp³-hybridized carbons (Fsp3) is 0.0952. The van der Waals surface area contributed by atoms with Crippen LogP contribution in [0, 0.1) is 0 Å². The van der Waals surface area contributed by atoms with Crippen molar-refractivity contribution in [3.63, 3.8) is 0 Å². The van der Waals surface area contributed by atoms with Crippen molar-refractivity contribution in [1.82, 2.24) is 0 Å². The minimum absolute atomic E-state index is 0.132. The normalized spacial score (nSPS) is 11.3. The molecule has 7 nitrogen and oxygen atoms in total. The van der Waals surface area contributed by atoms with Crippen molar-refractivity contribution < 1.29 is 17.9 Å². The number of hydrogen-bond donors (Lipinski definition) is 2. The first-order valence-electron chi connectivity index (χ1n) is 8.81. The zero-order valence-corrected chi connectivity index (χ0v) is 17.9. The number of nitrogens with one attached hydrogen (secondary N) is 2. The summed E-state index contributed by atoms with van der Waals surface area (Å²) in [5.41, 5.74) is 4.78. The Hall–Kier alpha value is -3.23. The maximum atomic E-state index is 12.4. The van der Waals surface area contributed by atoms with Crippen LogP contribution in [0.1, 0.15) is 5.56 Å². The van der Waals surface area contributed by atoms with Gasteiger partial charge >= 0.3 is 0 Å². The minimum Gasteiger partial charge on any atom is -0.497 e. The molecule has 0 aliphatic heterocycles. The highest BCUT2D eigenvalue weighted by Gasteiger charge is 2.13. The monoisotopic (exact) mass is 445 g/mol. The van der Waals surface area contributed by atoms with Gasteiger partial charge in [0, 0.05) is 22.3 Å². The smallest absolute Gasteiger partial charge is 0.261 e. The number of ether oxygens (including phenoxy) is 2. The van der Waals surface area contributed by atoms with Crippen molar-refractivity contribution in [2.75, 3.05) is 24.4 Å². The molecule has 0 spiro atoms. The van der Waals surface area contributed by atoms with Gasteiger partial charge in [-0.3, -0.25) is 10.1 Å². The standard InChI is InChI=1S/C21H20ClN3O4S/c1-28-19-10-3-15(21(13-19)29-2)14-23-24-17-6-8-18(9-7-17)25-30(26,27)20-11-4-16(22)5-12-20/h3-14,24-25H,1-2H3/b23-14+. The van der Waals surface area contributed by atoms with Crippen LogP contribution in [0.3, 0.4) is 0 Å². The summed E-state index contributed by atoms with van der Waals surface area (Å²) in [6.07, 6.45) is 1.62. The highest BCUT2D eigenvalue weighted by atomic mass is 35.5. The fourth-order valence-electron chi connectivity index (χ4n) is 2.54. The van der Waals surface area contributed by atoms with Crippen LogP contribution in [0.2, 0.25) is 5.02 Å². The highest BCUT2D eigenvalue weighted by Crippen LogP contribution is 2.23. The molecule has 0 unspecified atom stereocenters. The van der Waals surface area contributed by atoms with Gasteiger partial charge in [0.2, 0.25) is 0 Å². The first-order valence-corrected chi connectivity index (χ1v) is 10.7. The molecule has 0 radical (unpaired) electrons. The highest BCUT2D eigenvalue weighted by molar-refractivity contribution is 7.92. The fourth-order valence-corrected chi connectivity index (χ4v) is 3.73. The van der Waals surface area contributed by atoms with E-state index in [4.69, 9.17) is 21.1 Å². The molecule has 0 aromatic heterocycles. The lowest BCUT2D eigenvalue weighted by Gasteiger charge is -2.09. The zero-order valence-electron chi connectivity index (χ0n) is 16.3. The van der Waals surface area contributed by atoms with Crippen LogP contribution in [0.4, 0.5) is 11.4 Å². The number of nitrogens with zero attached hydrogens (tertiary/aromatic N) is 1. The molecule has 156 valence electrons. The minimum atomic E-state index is -3.69. The average Bonchev–Trinajstić information content (AvgIpc) is 2.75. The molecule has 3 rings (SSSR count). The number of hydrazone groups is 1. The third-order valence-corrected chi connectivity index (χ3v) is 5.75. The number of rotatable bonds is 8. The lowest BCUT2D eigenvalue weighted by molar-refractivity contribution is 0.394. The Bertz CT molecular complexity index is 1130. The number of anilines is 2. The maximum absolute atomic E-state index is 12.4. The molecule has 0 saturated carbocycles. The third-order valence-electron chi connectivity index (χ3n) is 4.10. The van der Waals surface area contributed by atoms with Gasteiger partial charge < -0.3 is 9.47 Å². The second kappa shape index (κ2) is 9.51. The SMILES string of the molecule is COc1ccc(/C=N/Nc2ccc(NS(=O)(=O)c3ccc(Cl)cc3)cc2)c(OC)c1. The van der Waals surface area contributed by atoms with Gasteiger partial charge in [0.1, 0.15) is 11.5 Å². The van der Waals surface area contributed by atoms with E-state index in [1.165, 1.54) is 24.3 Å². The van der Waals surface area contributed by atoms with Crippen LogP contribution < -0.4 is 19.6 Å². The molecule has 0 fully saturated rings. The number of benzene rings is 3. The number of sulfonamides is 1. The molecule has 0 bridgehead atoms. The Morgan fingerprint density at radius 3 is 2.20 bits per heavy atom. The summed E-state index contributed by atoms with van der Waals surface area (Å²) in [4.78, 5) is 0.132. The maximum Gasteiger partial charge on any atom is 0.261 e. The van der Waals surface area contributed by atoms with Crippen LogP contribution in [-0.2, 0) is 10.0 Å². The molecule has 0 aliphatic carbocycles. The first-order chi connectivity index (χ1) is 14.4. The first kappa shape index (κ1) is 21.5. The summed E-state index contributed by atoms with van der Waals surface area (Å²) in [5, 5.41) is 4.66. The van der Waals surface area contributed by atoms with Gasteiger partial charge in [-0.1, -0.05) is 11.6 Å². The molecule has 2 N–H and O–H groups in total. The van der Waals surface area contributed by atoms with Crippen LogP contribution >= 0.6 is 11.6 Å². The number of halogens is 1. The molecule has 0 atom stereocenters. The van der Waals surface area contributed by atoms with Gasteiger partial charge in [0.15, 0.2) is 0 Å². The van der Waals surface area contributed by atoms with Gasteiger partial charge in [-0.05, 0) is 60.7 Å². The molecule has 3 aromatic carbocycles. The van der Waals surface area contributed by atoms with Crippen molar-refractivity contribution in [1.29, 1.82) is 0 Å². The predicted octanol–water partition coefficient (Wildman–Crippen LogP) is 4.60. The van der Waals surface area contributed by atoms with E-state index in [2.05, 4.69) is 15.2 Å². The Labute approximate surface area is 180 Å². The van der Waals surface area contributed by atoms with Crippen LogP contribution in [0.15, 0.2) is 76.7 Å². The summed E-state index contributed by atoms with van der Waals surface area (Å²) in [6.45, 7) is 0. The molecule has 0 aliphatic rings. The molecule has 0 heterocycles. The summed E-state index contributed by atoms with van der Waals surface area (Å²) in [5.74, 6) is 1.32. The lowest BCUT2D eigenvalue weighted by Crippen LogP contribution is -2.12. The topological polar surface area (TPSA) is 89.0 Å². The van der Waals surface area contributed by atoms with E-state index in [-0.39, 0.29) is 4.90 Å². The average molecular weight is 446 g/mol. The summed E-state index contributed by atoms with van der Waals surface area (Å²) in [6, 6.07) is 18.1. The van der Waals surface area contributed by atoms with Crippen molar-refractivity contribution in [2.24, 2.45) is 5.10 Å². The second-order valence-corrected chi connectivity index (χ2v) is 8.23. The van der Waals surface area contributed by atoms with Crippen molar-refractivity contribution in [3.8, 4) is 11.5 Å². The molecule has 0 saturated heterocycles. The van der Waals surface area contributed by atoms with E-state index < -0.39 is 10.0 Å². The van der Waals surface area contributed by atoms with Crippen molar-refractivity contribution >= 4 is 39.2 Å². The summed E-state index contributed by atoms with van der Waals surface area (Å²) < 4.78 is 37.9. The van der Waals surface area contributed by atoms with Gasteiger partial charge in [0.05, 0.1) is 31.0 Å². The molecule has 30 heavy (non-hydrogen) atoms. The molecular formula is C21H20ClN3O4S. The zero-order chi connectivity index (χ0) is 21.6. The van der Waals surface area contributed by atoms with E-state index in [0.717, 1.165) is 5.56 Å². The van der Waals surface area contributed by atoms with Gasteiger partial charge in [-0.2, -0.15) is 5.10 Å². The van der Waals surface area contributed by atoms with Gasteiger partial charge in [0.25, 0.3) is 10.0 Å². The van der Waals surface area contributed by atoms with Crippen LogP contribution in [0.25, 0.3) is 0 Å². The Morgan fingerprint density at radius 2 is 1.57 bits per heavy atom. The molecule has 9 heteroatoms. The van der Waals surface area contributed by atoms with Gasteiger partial charge in [-0.25, -0.2) is 8.42 Å². The summed E-state index contributed by atoms with van der Waals surface area (Å²) in [7, 11) is -0.533. The van der Waals surface area contributed by atoms with Crippen molar-refractivity contribution in [3.05, 3.63) is 77.3 Å². The summed E-state index contributed by atoms with van der Waals surface area (Å²) >= 11 is 5.80. The van der Waals surface area contributed by atoms with E-state index in [1.54, 1.807) is 50.8 Å². The van der Waals surface area contributed by atoms with E-state index in [9.17, 15) is 8.42 Å². The lowest BCUT2D eigenvalue weighted by atomic mass is 10.2.